The molecule has 0 aliphatic rings. The molecule has 0 amide bonds. The van der Waals surface area contributed by atoms with Crippen LogP contribution >= 0.6 is 0 Å². The minimum atomic E-state index is 1.18. The van der Waals surface area contributed by atoms with E-state index in [0.29, 0.717) is 0 Å². The molecule has 0 atom stereocenters. The van der Waals surface area contributed by atoms with Crippen LogP contribution in [0, 0.1) is 0 Å². The monoisotopic (exact) mass is 252 g/mol. The van der Waals surface area contributed by atoms with Gasteiger partial charge < -0.3 is 0 Å². The molecule has 92 valence electrons. The molecule has 0 aromatic heterocycles. The molecule has 0 bridgehead atoms. The Morgan fingerprint density at radius 3 is 1.20 bits per heavy atom. The first-order valence-electron chi connectivity index (χ1n) is 6.97. The molecule has 0 rings (SSSR count). The Morgan fingerprint density at radius 1 is 0.533 bits per heavy atom. The van der Waals surface area contributed by atoms with Gasteiger partial charge in [0.05, 0.1) is 0 Å². The van der Waals surface area contributed by atoms with E-state index in [9.17, 15) is 0 Å². The number of unbranched alkanes of at least 4 members (excludes halogenated alkanes) is 11. The molecule has 15 heavy (non-hydrogen) atoms. The quantitative estimate of drug-likeness (QED) is 0.311. The first kappa shape index (κ1) is 15.5. The predicted molar refractivity (Wildman–Crippen MR) is 65.9 cm³/mol. The van der Waals surface area contributed by atoms with Gasteiger partial charge in [-0.25, -0.2) is 0 Å². The van der Waals surface area contributed by atoms with Crippen molar-refractivity contribution in [1.29, 1.82) is 0 Å². The molecule has 0 unspecified atom stereocenters. The molecule has 0 aromatic carbocycles. The van der Waals surface area contributed by atoms with E-state index in [2.05, 4.69) is 22.9 Å². The summed E-state index contributed by atoms with van der Waals surface area (Å²) in [4.78, 5) is 0. The molecular formula is C14H29Mn. The first-order chi connectivity index (χ1) is 7.41. The fourth-order valence-electron chi connectivity index (χ4n) is 1.94. The Balaban J connectivity index is 2.81. The third kappa shape index (κ3) is 14.5. The molecule has 1 heteroatoms. The molecule has 0 fully saturated rings. The summed E-state index contributed by atoms with van der Waals surface area (Å²) in [7, 11) is 0. The second-order valence-corrected chi connectivity index (χ2v) is 5.17. The fourth-order valence-corrected chi connectivity index (χ4v) is 2.23. The molecule has 0 aliphatic carbocycles. The number of hydrogen-bond acceptors (Lipinski definition) is 0. The molecule has 0 aliphatic heterocycles. The van der Waals surface area contributed by atoms with Crippen LogP contribution < -0.4 is 0 Å². The Hall–Kier alpha value is 0.519. The third-order valence-corrected chi connectivity index (χ3v) is 3.40. The molecule has 0 spiro atoms. The second kappa shape index (κ2) is 14.5. The zero-order valence-electron chi connectivity index (χ0n) is 10.6. The number of rotatable bonds is 12. The van der Waals surface area contributed by atoms with Gasteiger partial charge in [-0.3, -0.25) is 0 Å². The SMILES string of the molecule is CCCCCCCCCCCCC[CH2][Mn]. The normalized spacial score (nSPS) is 10.8. The second-order valence-electron chi connectivity index (χ2n) is 4.58. The van der Waals surface area contributed by atoms with Crippen LogP contribution in [0.25, 0.3) is 0 Å². The summed E-state index contributed by atoms with van der Waals surface area (Å²) in [6.07, 6.45) is 17.3. The van der Waals surface area contributed by atoms with Crippen LogP contribution in [-0.4, -0.2) is 0 Å². The Morgan fingerprint density at radius 2 is 0.867 bits per heavy atom. The summed E-state index contributed by atoms with van der Waals surface area (Å²) in [6, 6.07) is 0. The van der Waals surface area contributed by atoms with Crippen LogP contribution in [0.1, 0.15) is 84.0 Å². The van der Waals surface area contributed by atoms with Crippen molar-refractivity contribution in [3.8, 4) is 0 Å². The molecule has 0 radical (unpaired) electrons. The standard InChI is InChI=1S/C14H29.Mn/c1-3-5-7-9-11-13-14-12-10-8-6-4-2;/h1,3-14H2,2H3;. The average molecular weight is 252 g/mol. The summed E-state index contributed by atoms with van der Waals surface area (Å²) >= 11 is 3.47. The summed E-state index contributed by atoms with van der Waals surface area (Å²) < 4.78 is 0. The fraction of sp³-hybridized carbons (Fsp3) is 1.00. The molecule has 0 N–H and O–H groups in total. The topological polar surface area (TPSA) is 0 Å². The minimum absolute atomic E-state index is 1.18. The van der Waals surface area contributed by atoms with Gasteiger partial charge in [0.25, 0.3) is 0 Å². The molecule has 0 saturated carbocycles. The van der Waals surface area contributed by atoms with Crippen molar-refractivity contribution in [1.82, 2.24) is 0 Å². The van der Waals surface area contributed by atoms with Gasteiger partial charge in [-0.15, -0.1) is 0 Å². The molecular weight excluding hydrogens is 223 g/mol. The van der Waals surface area contributed by atoms with Crippen LogP contribution in [0.15, 0.2) is 0 Å². The Kier molecular flexibility index (Phi) is 15.0. The van der Waals surface area contributed by atoms with E-state index in [0.717, 1.165) is 0 Å². The zero-order chi connectivity index (χ0) is 11.2. The average Bonchev–Trinajstić information content (AvgIpc) is 2.26. The van der Waals surface area contributed by atoms with Crippen LogP contribution in [-0.2, 0) is 16.0 Å². The van der Waals surface area contributed by atoms with Crippen molar-refractivity contribution in [2.24, 2.45) is 0 Å². The zero-order valence-corrected chi connectivity index (χ0v) is 11.8. The predicted octanol–water partition coefficient (Wildman–Crippen LogP) is 5.65. The van der Waals surface area contributed by atoms with E-state index in [1.807, 2.05) is 0 Å². The van der Waals surface area contributed by atoms with E-state index in [-0.39, 0.29) is 0 Å². The van der Waals surface area contributed by atoms with Crippen molar-refractivity contribution < 1.29 is 16.0 Å². The summed E-state index contributed by atoms with van der Waals surface area (Å²) in [5.41, 5.74) is 0. The van der Waals surface area contributed by atoms with Gasteiger partial charge in [0.15, 0.2) is 0 Å². The van der Waals surface area contributed by atoms with E-state index >= 15 is 0 Å². The van der Waals surface area contributed by atoms with E-state index in [1.54, 1.807) is 0 Å². The Bertz CT molecular complexity index is 89.5. The van der Waals surface area contributed by atoms with Crippen molar-refractivity contribution >= 4 is 0 Å². The summed E-state index contributed by atoms with van der Waals surface area (Å²) in [5.74, 6) is 0. The van der Waals surface area contributed by atoms with Crippen molar-refractivity contribution in [3.63, 3.8) is 0 Å². The van der Waals surface area contributed by atoms with Gasteiger partial charge in [0.2, 0.25) is 0 Å². The number of hydrogen-bond donors (Lipinski definition) is 0. The van der Waals surface area contributed by atoms with Crippen molar-refractivity contribution in [2.75, 3.05) is 0 Å². The van der Waals surface area contributed by atoms with Crippen LogP contribution in [0.2, 0.25) is 5.32 Å². The van der Waals surface area contributed by atoms with Gasteiger partial charge in [-0.2, -0.15) is 0 Å². The van der Waals surface area contributed by atoms with Gasteiger partial charge in [-0.1, -0.05) is 13.3 Å². The van der Waals surface area contributed by atoms with Gasteiger partial charge in [0.1, 0.15) is 0 Å². The van der Waals surface area contributed by atoms with Crippen molar-refractivity contribution in [3.05, 3.63) is 0 Å². The molecule has 0 nitrogen and oxygen atoms in total. The Labute approximate surface area is 105 Å². The van der Waals surface area contributed by atoms with Crippen LogP contribution in [0.4, 0.5) is 0 Å². The van der Waals surface area contributed by atoms with Gasteiger partial charge >= 0.3 is 92.0 Å². The maximum absolute atomic E-state index is 3.47. The van der Waals surface area contributed by atoms with E-state index < -0.39 is 0 Å². The molecule has 0 aromatic rings. The van der Waals surface area contributed by atoms with Gasteiger partial charge in [-0.05, 0) is 0 Å². The van der Waals surface area contributed by atoms with Crippen LogP contribution in [0.5, 0.6) is 0 Å². The molecule has 0 heterocycles. The van der Waals surface area contributed by atoms with Crippen molar-refractivity contribution in [2.45, 2.75) is 89.3 Å². The van der Waals surface area contributed by atoms with Crippen LogP contribution in [0.3, 0.4) is 0 Å². The summed E-state index contributed by atoms with van der Waals surface area (Å²) in [5, 5.41) is 1.18. The first-order valence-corrected chi connectivity index (χ1v) is 7.81. The van der Waals surface area contributed by atoms with E-state index in [1.165, 1.54) is 82.4 Å². The van der Waals surface area contributed by atoms with E-state index in [4.69, 9.17) is 0 Å². The third-order valence-electron chi connectivity index (χ3n) is 2.99. The summed E-state index contributed by atoms with van der Waals surface area (Å²) in [6.45, 7) is 2.28. The molecule has 0 saturated heterocycles. The maximum atomic E-state index is 3.47. The van der Waals surface area contributed by atoms with Gasteiger partial charge in [0, 0.05) is 0 Å².